The van der Waals surface area contributed by atoms with Crippen LogP contribution in [0.2, 0.25) is 0 Å². The van der Waals surface area contributed by atoms with Crippen LogP contribution in [-0.4, -0.2) is 37.9 Å². The third-order valence-corrected chi connectivity index (χ3v) is 3.29. The van der Waals surface area contributed by atoms with Gasteiger partial charge in [-0.3, -0.25) is 4.79 Å². The number of anilines is 1. The Morgan fingerprint density at radius 3 is 2.20 bits per heavy atom. The zero-order valence-electron chi connectivity index (χ0n) is 15.9. The van der Waals surface area contributed by atoms with Crippen molar-refractivity contribution < 1.29 is 23.8 Å². The first kappa shape index (κ1) is 20.6. The molecule has 0 aliphatic heterocycles. The highest BCUT2D eigenvalue weighted by molar-refractivity contribution is 5.98. The van der Waals surface area contributed by atoms with Gasteiger partial charge in [-0.1, -0.05) is 13.8 Å². The van der Waals surface area contributed by atoms with Crippen LogP contribution in [0.4, 0.5) is 10.5 Å². The number of nitrogens with one attached hydrogen (secondary N) is 2. The summed E-state index contributed by atoms with van der Waals surface area (Å²) in [4.78, 5) is 24.6. The Hall–Kier alpha value is -2.44. The van der Waals surface area contributed by atoms with Crippen molar-refractivity contribution in [2.45, 2.75) is 46.3 Å². The molecule has 0 aliphatic rings. The number of hydrogen-bond acceptors (Lipinski definition) is 5. The maximum Gasteiger partial charge on any atom is 0.408 e. The molecule has 0 radical (unpaired) electrons. The van der Waals surface area contributed by atoms with Crippen molar-refractivity contribution in [3.8, 4) is 11.5 Å². The molecule has 0 saturated heterocycles. The summed E-state index contributed by atoms with van der Waals surface area (Å²) >= 11 is 0. The zero-order valence-corrected chi connectivity index (χ0v) is 15.9. The lowest BCUT2D eigenvalue weighted by Gasteiger charge is -2.25. The number of methoxy groups -OCH3 is 2. The molecule has 2 amide bonds. The molecule has 1 unspecified atom stereocenters. The number of amides is 2. The van der Waals surface area contributed by atoms with E-state index in [-0.39, 0.29) is 11.8 Å². The lowest BCUT2D eigenvalue weighted by molar-refractivity contribution is -0.119. The molecular weight excluding hydrogens is 324 g/mol. The molecule has 0 spiro atoms. The molecule has 2 N–H and O–H groups in total. The van der Waals surface area contributed by atoms with E-state index in [2.05, 4.69) is 10.6 Å². The zero-order chi connectivity index (χ0) is 19.2. The van der Waals surface area contributed by atoms with Gasteiger partial charge in [-0.15, -0.1) is 0 Å². The quantitative estimate of drug-likeness (QED) is 0.821. The first-order valence-electron chi connectivity index (χ1n) is 8.09. The molecule has 7 heteroatoms. The number of alkyl carbamates (subject to hydrolysis) is 1. The van der Waals surface area contributed by atoms with Gasteiger partial charge >= 0.3 is 6.09 Å². The van der Waals surface area contributed by atoms with Crippen LogP contribution in [-0.2, 0) is 9.53 Å². The van der Waals surface area contributed by atoms with Gasteiger partial charge in [0.05, 0.1) is 19.9 Å². The number of carbonyl (C=O) groups excluding carboxylic acids is 2. The molecule has 25 heavy (non-hydrogen) atoms. The molecule has 0 saturated carbocycles. The van der Waals surface area contributed by atoms with Gasteiger partial charge in [0.2, 0.25) is 5.91 Å². The summed E-state index contributed by atoms with van der Waals surface area (Å²) in [6.45, 7) is 8.96. The van der Waals surface area contributed by atoms with Crippen molar-refractivity contribution in [3.05, 3.63) is 18.2 Å². The van der Waals surface area contributed by atoms with Crippen LogP contribution >= 0.6 is 0 Å². The summed E-state index contributed by atoms with van der Waals surface area (Å²) in [5, 5.41) is 5.39. The molecule has 7 nitrogen and oxygen atoms in total. The van der Waals surface area contributed by atoms with Gasteiger partial charge in [-0.2, -0.15) is 0 Å². The molecule has 0 aromatic heterocycles. The van der Waals surface area contributed by atoms with Crippen molar-refractivity contribution >= 4 is 17.7 Å². The normalized spacial score (nSPS) is 12.3. The molecule has 0 bridgehead atoms. The standard InChI is InChI=1S/C18H28N2O5/c1-11(2)15(20-17(22)25-18(3,4)5)16(21)19-13-10-12(23-6)8-9-14(13)24-7/h8-11,15H,1-7H3,(H,19,21)(H,20,22). The second kappa shape index (κ2) is 8.60. The van der Waals surface area contributed by atoms with Crippen molar-refractivity contribution in [1.29, 1.82) is 0 Å². The minimum Gasteiger partial charge on any atom is -0.497 e. The number of hydrogen-bond donors (Lipinski definition) is 2. The Kier molecular flexibility index (Phi) is 7.09. The van der Waals surface area contributed by atoms with Crippen molar-refractivity contribution in [2.24, 2.45) is 5.92 Å². The molecule has 0 fully saturated rings. The molecule has 0 aliphatic carbocycles. The molecule has 0 heterocycles. The number of carbonyl (C=O) groups is 2. The van der Waals surface area contributed by atoms with E-state index < -0.39 is 17.7 Å². The van der Waals surface area contributed by atoms with E-state index in [4.69, 9.17) is 14.2 Å². The Balaban J connectivity index is 2.92. The van der Waals surface area contributed by atoms with Crippen LogP contribution in [0.25, 0.3) is 0 Å². The average Bonchev–Trinajstić information content (AvgIpc) is 2.50. The second-order valence-electron chi connectivity index (χ2n) is 6.92. The maximum atomic E-state index is 12.6. The van der Waals surface area contributed by atoms with Crippen LogP contribution in [0.5, 0.6) is 11.5 Å². The average molecular weight is 352 g/mol. The summed E-state index contributed by atoms with van der Waals surface area (Å²) in [7, 11) is 3.05. The first-order chi connectivity index (χ1) is 11.6. The minimum absolute atomic E-state index is 0.135. The Labute approximate surface area is 149 Å². The van der Waals surface area contributed by atoms with E-state index in [1.807, 2.05) is 13.8 Å². The Morgan fingerprint density at radius 2 is 1.72 bits per heavy atom. The summed E-state index contributed by atoms with van der Waals surface area (Å²) in [6, 6.07) is 4.32. The van der Waals surface area contributed by atoms with Gasteiger partial charge in [0.1, 0.15) is 23.1 Å². The van der Waals surface area contributed by atoms with E-state index in [9.17, 15) is 9.59 Å². The number of benzene rings is 1. The molecule has 1 rings (SSSR count). The van der Waals surface area contributed by atoms with E-state index in [0.29, 0.717) is 17.2 Å². The molecule has 1 aromatic rings. The summed E-state index contributed by atoms with van der Waals surface area (Å²) in [5.74, 6) is 0.572. The smallest absolute Gasteiger partial charge is 0.408 e. The van der Waals surface area contributed by atoms with Crippen LogP contribution < -0.4 is 20.1 Å². The third-order valence-electron chi connectivity index (χ3n) is 3.29. The molecular formula is C18H28N2O5. The van der Waals surface area contributed by atoms with E-state index in [1.165, 1.54) is 14.2 Å². The molecule has 1 atom stereocenters. The van der Waals surface area contributed by atoms with Gasteiger partial charge in [-0.25, -0.2) is 4.79 Å². The van der Waals surface area contributed by atoms with Crippen LogP contribution in [0.3, 0.4) is 0 Å². The Bertz CT molecular complexity index is 608. The van der Waals surface area contributed by atoms with Gasteiger partial charge in [0.25, 0.3) is 0 Å². The van der Waals surface area contributed by atoms with Crippen LogP contribution in [0, 0.1) is 5.92 Å². The van der Waals surface area contributed by atoms with Crippen LogP contribution in [0.15, 0.2) is 18.2 Å². The number of rotatable bonds is 6. The van der Waals surface area contributed by atoms with Crippen molar-refractivity contribution in [2.75, 3.05) is 19.5 Å². The van der Waals surface area contributed by atoms with E-state index >= 15 is 0 Å². The van der Waals surface area contributed by atoms with Crippen molar-refractivity contribution in [3.63, 3.8) is 0 Å². The second-order valence-corrected chi connectivity index (χ2v) is 6.92. The van der Waals surface area contributed by atoms with Gasteiger partial charge in [0, 0.05) is 6.07 Å². The fourth-order valence-corrected chi connectivity index (χ4v) is 2.09. The fraction of sp³-hybridized carbons (Fsp3) is 0.556. The van der Waals surface area contributed by atoms with E-state index in [0.717, 1.165) is 0 Å². The van der Waals surface area contributed by atoms with Gasteiger partial charge in [0.15, 0.2) is 0 Å². The predicted octanol–water partition coefficient (Wildman–Crippen LogP) is 3.19. The van der Waals surface area contributed by atoms with Crippen molar-refractivity contribution in [1.82, 2.24) is 5.32 Å². The minimum atomic E-state index is -0.759. The molecule has 1 aromatic carbocycles. The SMILES string of the molecule is COc1ccc(OC)c(NC(=O)C(NC(=O)OC(C)(C)C)C(C)C)c1. The maximum absolute atomic E-state index is 12.6. The van der Waals surface area contributed by atoms with Gasteiger partial charge in [-0.05, 0) is 38.8 Å². The lowest BCUT2D eigenvalue weighted by Crippen LogP contribution is -2.48. The summed E-state index contributed by atoms with van der Waals surface area (Å²) < 4.78 is 15.6. The number of ether oxygens (including phenoxy) is 3. The Morgan fingerprint density at radius 1 is 1.08 bits per heavy atom. The first-order valence-corrected chi connectivity index (χ1v) is 8.09. The van der Waals surface area contributed by atoms with E-state index in [1.54, 1.807) is 39.0 Å². The molecule has 140 valence electrons. The highest BCUT2D eigenvalue weighted by Crippen LogP contribution is 2.29. The monoisotopic (exact) mass is 352 g/mol. The largest absolute Gasteiger partial charge is 0.497 e. The highest BCUT2D eigenvalue weighted by atomic mass is 16.6. The summed E-state index contributed by atoms with van der Waals surface area (Å²) in [5.41, 5.74) is -0.179. The topological polar surface area (TPSA) is 85.9 Å². The highest BCUT2D eigenvalue weighted by Gasteiger charge is 2.27. The summed E-state index contributed by atoms with van der Waals surface area (Å²) in [6.07, 6.45) is -0.640. The fourth-order valence-electron chi connectivity index (χ4n) is 2.09. The lowest BCUT2D eigenvalue weighted by atomic mass is 10.0. The predicted molar refractivity (Wildman–Crippen MR) is 96.2 cm³/mol. The van der Waals surface area contributed by atoms with Gasteiger partial charge < -0.3 is 24.8 Å². The van der Waals surface area contributed by atoms with Crippen LogP contribution in [0.1, 0.15) is 34.6 Å². The third kappa shape index (κ3) is 6.52.